The number of imide groups is 2. The zero-order chi connectivity index (χ0) is 21.8. The summed E-state index contributed by atoms with van der Waals surface area (Å²) in [6.07, 6.45) is 1.50. The van der Waals surface area contributed by atoms with E-state index in [1.165, 1.54) is 6.08 Å². The third-order valence-corrected chi connectivity index (χ3v) is 4.93. The molecule has 6 heteroatoms. The minimum Gasteiger partial charge on any atom is -0.489 e. The molecule has 0 atom stereocenters. The SMILES string of the molecule is Cc1ccccc1/C=C1\C(=O)NC(=O)N(c2ccc(OCc3ccccc3)cc2)C1=O. The lowest BCUT2D eigenvalue weighted by molar-refractivity contribution is -0.122. The molecule has 0 spiro atoms. The minimum absolute atomic E-state index is 0.0988. The molecule has 3 aromatic rings. The Bertz CT molecular complexity index is 1170. The summed E-state index contributed by atoms with van der Waals surface area (Å²) in [5, 5.41) is 2.24. The number of urea groups is 1. The van der Waals surface area contributed by atoms with Gasteiger partial charge in [-0.1, -0.05) is 54.6 Å². The number of benzene rings is 3. The van der Waals surface area contributed by atoms with E-state index in [1.54, 1.807) is 24.3 Å². The number of rotatable bonds is 5. The Labute approximate surface area is 179 Å². The molecular weight excluding hydrogens is 392 g/mol. The second-order valence-electron chi connectivity index (χ2n) is 7.08. The molecule has 6 nitrogen and oxygen atoms in total. The molecule has 4 amide bonds. The molecule has 4 rings (SSSR count). The Kier molecular flexibility index (Phi) is 5.62. The molecule has 0 bridgehead atoms. The Balaban J connectivity index is 1.55. The van der Waals surface area contributed by atoms with E-state index in [2.05, 4.69) is 5.32 Å². The summed E-state index contributed by atoms with van der Waals surface area (Å²) >= 11 is 0. The molecule has 1 saturated heterocycles. The van der Waals surface area contributed by atoms with Crippen molar-refractivity contribution in [3.8, 4) is 5.75 Å². The molecule has 0 radical (unpaired) electrons. The first kappa shape index (κ1) is 20.1. The fraction of sp³-hybridized carbons (Fsp3) is 0.0800. The van der Waals surface area contributed by atoms with Gasteiger partial charge in [0.25, 0.3) is 11.8 Å². The summed E-state index contributed by atoms with van der Waals surface area (Å²) in [5.74, 6) is -0.781. The highest BCUT2D eigenvalue weighted by molar-refractivity contribution is 6.39. The second kappa shape index (κ2) is 8.67. The van der Waals surface area contributed by atoms with Crippen LogP contribution in [0.1, 0.15) is 16.7 Å². The third kappa shape index (κ3) is 4.38. The van der Waals surface area contributed by atoms with Gasteiger partial charge in [-0.25, -0.2) is 9.69 Å². The Hall–Kier alpha value is -4.19. The molecule has 154 valence electrons. The van der Waals surface area contributed by atoms with E-state index in [9.17, 15) is 14.4 Å². The van der Waals surface area contributed by atoms with Gasteiger partial charge in [-0.15, -0.1) is 0 Å². The van der Waals surface area contributed by atoms with Crippen molar-refractivity contribution in [2.45, 2.75) is 13.5 Å². The number of aryl methyl sites for hydroxylation is 1. The van der Waals surface area contributed by atoms with E-state index in [0.29, 0.717) is 18.0 Å². The van der Waals surface area contributed by atoms with Crippen LogP contribution in [-0.2, 0) is 16.2 Å². The lowest BCUT2D eigenvalue weighted by Crippen LogP contribution is -2.54. The normalized spacial score (nSPS) is 15.2. The van der Waals surface area contributed by atoms with Crippen LogP contribution in [0.4, 0.5) is 10.5 Å². The fourth-order valence-corrected chi connectivity index (χ4v) is 3.23. The lowest BCUT2D eigenvalue weighted by Gasteiger charge is -2.26. The summed E-state index contributed by atoms with van der Waals surface area (Å²) in [5.41, 5.74) is 2.93. The predicted octanol–water partition coefficient (Wildman–Crippen LogP) is 4.24. The quantitative estimate of drug-likeness (QED) is 0.502. The number of ether oxygens (including phenoxy) is 1. The van der Waals surface area contributed by atoms with Gasteiger partial charge < -0.3 is 4.74 Å². The predicted molar refractivity (Wildman–Crippen MR) is 117 cm³/mol. The molecular formula is C25H20N2O4. The maximum absolute atomic E-state index is 13.0. The molecule has 1 aliphatic rings. The van der Waals surface area contributed by atoms with Crippen LogP contribution < -0.4 is 15.0 Å². The molecule has 3 aromatic carbocycles. The lowest BCUT2D eigenvalue weighted by atomic mass is 10.0. The highest BCUT2D eigenvalue weighted by Crippen LogP contribution is 2.25. The second-order valence-corrected chi connectivity index (χ2v) is 7.08. The van der Waals surface area contributed by atoms with Gasteiger partial charge in [0.2, 0.25) is 0 Å². The number of carbonyl (C=O) groups is 3. The maximum atomic E-state index is 13.0. The van der Waals surface area contributed by atoms with E-state index >= 15 is 0 Å². The van der Waals surface area contributed by atoms with E-state index in [4.69, 9.17) is 4.74 Å². The zero-order valence-corrected chi connectivity index (χ0v) is 16.9. The van der Waals surface area contributed by atoms with Crippen molar-refractivity contribution in [1.29, 1.82) is 0 Å². The van der Waals surface area contributed by atoms with Gasteiger partial charge >= 0.3 is 6.03 Å². The van der Waals surface area contributed by atoms with Crippen LogP contribution >= 0.6 is 0 Å². The first-order valence-corrected chi connectivity index (χ1v) is 9.77. The zero-order valence-electron chi connectivity index (χ0n) is 16.9. The van der Waals surface area contributed by atoms with E-state index < -0.39 is 17.8 Å². The molecule has 0 saturated carbocycles. The van der Waals surface area contributed by atoms with Crippen molar-refractivity contribution >= 4 is 29.6 Å². The molecule has 1 N–H and O–H groups in total. The Morgan fingerprint density at radius 3 is 2.26 bits per heavy atom. The summed E-state index contributed by atoms with van der Waals surface area (Å²) in [6.45, 7) is 2.29. The van der Waals surface area contributed by atoms with Gasteiger partial charge in [-0.3, -0.25) is 14.9 Å². The average Bonchev–Trinajstić information content (AvgIpc) is 2.78. The molecule has 1 fully saturated rings. The van der Waals surface area contributed by atoms with Crippen molar-refractivity contribution in [2.75, 3.05) is 4.90 Å². The van der Waals surface area contributed by atoms with Crippen LogP contribution in [0.3, 0.4) is 0 Å². The van der Waals surface area contributed by atoms with E-state index in [-0.39, 0.29) is 5.57 Å². The monoisotopic (exact) mass is 412 g/mol. The molecule has 0 unspecified atom stereocenters. The number of amides is 4. The third-order valence-electron chi connectivity index (χ3n) is 4.93. The number of barbiturate groups is 1. The smallest absolute Gasteiger partial charge is 0.335 e. The number of anilines is 1. The Morgan fingerprint density at radius 2 is 1.55 bits per heavy atom. The standard InChI is InChI=1S/C25H20N2O4/c1-17-7-5-6-10-19(17)15-22-23(28)26-25(30)27(24(22)29)20-11-13-21(14-12-20)31-16-18-8-3-2-4-9-18/h2-15H,16H2,1H3,(H,26,28,30)/b22-15+. The highest BCUT2D eigenvalue weighted by Gasteiger charge is 2.36. The number of nitrogens with zero attached hydrogens (tertiary/aromatic N) is 1. The van der Waals surface area contributed by atoms with Crippen LogP contribution in [0.15, 0.2) is 84.4 Å². The van der Waals surface area contributed by atoms with Crippen molar-refractivity contribution < 1.29 is 19.1 Å². The number of hydrogen-bond donors (Lipinski definition) is 1. The molecule has 1 aliphatic heterocycles. The maximum Gasteiger partial charge on any atom is 0.335 e. The molecule has 0 aliphatic carbocycles. The van der Waals surface area contributed by atoms with Gasteiger partial charge in [-0.2, -0.15) is 0 Å². The van der Waals surface area contributed by atoms with Crippen molar-refractivity contribution in [3.63, 3.8) is 0 Å². The van der Waals surface area contributed by atoms with Crippen molar-refractivity contribution in [2.24, 2.45) is 0 Å². The van der Waals surface area contributed by atoms with E-state index in [1.807, 2.05) is 61.5 Å². The van der Waals surface area contributed by atoms with Crippen LogP contribution in [0.25, 0.3) is 6.08 Å². The van der Waals surface area contributed by atoms with Crippen molar-refractivity contribution in [3.05, 3.63) is 101 Å². The number of nitrogens with one attached hydrogen (secondary N) is 1. The summed E-state index contributed by atoms with van der Waals surface area (Å²) in [4.78, 5) is 38.7. The Morgan fingerprint density at radius 1 is 0.871 bits per heavy atom. The summed E-state index contributed by atoms with van der Waals surface area (Å²) in [7, 11) is 0. The summed E-state index contributed by atoms with van der Waals surface area (Å²) in [6, 6.07) is 22.9. The fourth-order valence-electron chi connectivity index (χ4n) is 3.23. The van der Waals surface area contributed by atoms with Gasteiger partial charge in [0.05, 0.1) is 5.69 Å². The topological polar surface area (TPSA) is 75.7 Å². The number of hydrogen-bond acceptors (Lipinski definition) is 4. The van der Waals surface area contributed by atoms with Crippen LogP contribution in [-0.4, -0.2) is 17.8 Å². The molecule has 31 heavy (non-hydrogen) atoms. The molecule has 0 aromatic heterocycles. The van der Waals surface area contributed by atoms with Gasteiger partial charge in [0.15, 0.2) is 0 Å². The van der Waals surface area contributed by atoms with Gasteiger partial charge in [0.1, 0.15) is 17.9 Å². The first-order chi connectivity index (χ1) is 15.0. The largest absolute Gasteiger partial charge is 0.489 e. The van der Waals surface area contributed by atoms with E-state index in [0.717, 1.165) is 21.6 Å². The van der Waals surface area contributed by atoms with Gasteiger partial charge in [-0.05, 0) is 54.0 Å². The van der Waals surface area contributed by atoms with Crippen LogP contribution in [0.2, 0.25) is 0 Å². The summed E-state index contributed by atoms with van der Waals surface area (Å²) < 4.78 is 5.75. The van der Waals surface area contributed by atoms with Crippen molar-refractivity contribution in [1.82, 2.24) is 5.32 Å². The average molecular weight is 412 g/mol. The van der Waals surface area contributed by atoms with Crippen LogP contribution in [0.5, 0.6) is 5.75 Å². The highest BCUT2D eigenvalue weighted by atomic mass is 16.5. The van der Waals surface area contributed by atoms with Crippen LogP contribution in [0, 0.1) is 6.92 Å². The minimum atomic E-state index is -0.783. The molecule has 1 heterocycles. The number of carbonyl (C=O) groups excluding carboxylic acids is 3. The first-order valence-electron chi connectivity index (χ1n) is 9.77. The van der Waals surface area contributed by atoms with Gasteiger partial charge in [0, 0.05) is 0 Å².